The maximum atomic E-state index is 11.7. The van der Waals surface area contributed by atoms with Gasteiger partial charge in [0.1, 0.15) is 0 Å². The van der Waals surface area contributed by atoms with Gasteiger partial charge in [-0.2, -0.15) is 0 Å². The van der Waals surface area contributed by atoms with Crippen LogP contribution in [0.2, 0.25) is 0 Å². The zero-order valence-corrected chi connectivity index (χ0v) is 25.9. The largest absolute Gasteiger partial charge is 0.756 e. The maximum absolute atomic E-state index is 11.7. The molecule has 0 bridgehead atoms. The predicted octanol–water partition coefficient (Wildman–Crippen LogP) is 9.85. The summed E-state index contributed by atoms with van der Waals surface area (Å²) in [5.41, 5.74) is 0. The van der Waals surface area contributed by atoms with E-state index in [1.54, 1.807) is 0 Å². The van der Waals surface area contributed by atoms with Crippen LogP contribution in [0, 0.1) is 0 Å². The molecule has 0 aliphatic carbocycles. The van der Waals surface area contributed by atoms with Crippen LogP contribution in [0.25, 0.3) is 0 Å². The van der Waals surface area contributed by atoms with Crippen molar-refractivity contribution in [3.63, 3.8) is 0 Å². The second-order valence-corrected chi connectivity index (χ2v) is 17.9. The molecule has 0 N–H and O–H groups in total. The minimum atomic E-state index is -4.10. The molecule has 0 unspecified atom stereocenters. The Balaban J connectivity index is 0. The lowest BCUT2D eigenvalue weighted by Gasteiger charge is -2.22. The molecule has 0 rings (SSSR count). The smallest absolute Gasteiger partial charge is 0.267 e. The zero-order chi connectivity index (χ0) is 26.0. The molecule has 0 saturated heterocycles. The fourth-order valence-electron chi connectivity index (χ4n) is 3.57. The van der Waals surface area contributed by atoms with Gasteiger partial charge in [0.25, 0.3) is 7.82 Å². The Hall–Kier alpha value is 0.540. The molecular formula is C28H62O4P2. The number of unbranched alkanes of at least 4 members (excludes halogenated alkanes) is 18. The molecule has 0 amide bonds. The van der Waals surface area contributed by atoms with E-state index >= 15 is 0 Å². The summed E-state index contributed by atoms with van der Waals surface area (Å²) in [5, 5.41) is 0. The van der Waals surface area contributed by atoms with E-state index < -0.39 is 7.82 Å². The van der Waals surface area contributed by atoms with E-state index in [4.69, 9.17) is 9.05 Å². The number of phosphoric ester groups is 1. The highest BCUT2D eigenvalue weighted by Crippen LogP contribution is 2.40. The van der Waals surface area contributed by atoms with E-state index in [9.17, 15) is 9.46 Å². The first kappa shape index (κ1) is 36.7. The van der Waals surface area contributed by atoms with Crippen molar-refractivity contribution in [1.29, 1.82) is 0 Å². The Labute approximate surface area is 215 Å². The third kappa shape index (κ3) is 39.7. The molecule has 0 radical (unpaired) electrons. The molecule has 6 heteroatoms. The summed E-state index contributed by atoms with van der Waals surface area (Å²) < 4.78 is 21.7. The van der Waals surface area contributed by atoms with Crippen molar-refractivity contribution < 1.29 is 18.5 Å². The fraction of sp³-hybridized carbons (Fsp3) is 1.00. The average molecular weight is 525 g/mol. The van der Waals surface area contributed by atoms with Crippen LogP contribution in [0.5, 0.6) is 0 Å². The normalized spacial score (nSPS) is 12.0. The lowest BCUT2D eigenvalue weighted by molar-refractivity contribution is -0.225. The van der Waals surface area contributed by atoms with Crippen LogP contribution in [0.4, 0.5) is 0 Å². The molecule has 0 aromatic rings. The predicted molar refractivity (Wildman–Crippen MR) is 154 cm³/mol. The molecule has 0 heterocycles. The van der Waals surface area contributed by atoms with Crippen LogP contribution in [-0.4, -0.2) is 39.9 Å². The topological polar surface area (TPSA) is 58.6 Å². The van der Waals surface area contributed by atoms with Crippen molar-refractivity contribution in [2.75, 3.05) is 39.9 Å². The summed E-state index contributed by atoms with van der Waals surface area (Å²) in [6.45, 7) is 14.2. The van der Waals surface area contributed by atoms with Gasteiger partial charge >= 0.3 is 0 Å². The average Bonchev–Trinajstić information content (AvgIpc) is 2.74. The van der Waals surface area contributed by atoms with Crippen molar-refractivity contribution in [1.82, 2.24) is 0 Å². The third-order valence-corrected chi connectivity index (χ3v) is 6.49. The number of hydrogen-bond donors (Lipinski definition) is 0. The quantitative estimate of drug-likeness (QED) is 0.0931. The number of phosphoric acid groups is 1. The van der Waals surface area contributed by atoms with Gasteiger partial charge in [-0.3, -0.25) is 4.57 Å². The summed E-state index contributed by atoms with van der Waals surface area (Å²) >= 11 is 0. The van der Waals surface area contributed by atoms with Gasteiger partial charge in [0.2, 0.25) is 0 Å². The van der Waals surface area contributed by atoms with Gasteiger partial charge in [0, 0.05) is 33.9 Å². The summed E-state index contributed by atoms with van der Waals surface area (Å²) in [7, 11) is -4.49. The van der Waals surface area contributed by atoms with Crippen molar-refractivity contribution in [3.05, 3.63) is 0 Å². The van der Waals surface area contributed by atoms with E-state index in [2.05, 4.69) is 40.5 Å². The van der Waals surface area contributed by atoms with Crippen LogP contribution >= 0.6 is 15.1 Å². The molecule has 208 valence electrons. The van der Waals surface area contributed by atoms with Gasteiger partial charge in [-0.05, 0) is 12.8 Å². The summed E-state index contributed by atoms with van der Waals surface area (Å²) in [4.78, 5) is 11.7. The standard InChI is InChI=1S/C24H51O4P.C4H12P/c1-3-5-7-9-11-13-15-17-19-21-23-27-29(25,26)28-24-22-20-18-16-14-12-10-8-6-4-2;1-5(2,3)4/h3-24H2,1-2H3,(H,25,26);1-4H3/q;+1/p-1. The Morgan fingerprint density at radius 1 is 0.500 bits per heavy atom. The zero-order valence-electron chi connectivity index (χ0n) is 24.1. The lowest BCUT2D eigenvalue weighted by atomic mass is 10.1. The Morgan fingerprint density at radius 2 is 0.706 bits per heavy atom. The second kappa shape index (κ2) is 26.6. The van der Waals surface area contributed by atoms with Gasteiger partial charge in [0.15, 0.2) is 0 Å². The minimum Gasteiger partial charge on any atom is -0.756 e. The SMILES string of the molecule is CCCCCCCCCCCCOP(=O)([O-])OCCCCCCCCCCCC.C[P+](C)(C)C. The summed E-state index contributed by atoms with van der Waals surface area (Å²) in [6.07, 6.45) is 24.5. The lowest BCUT2D eigenvalue weighted by Crippen LogP contribution is -2.10. The van der Waals surface area contributed by atoms with Gasteiger partial charge in [-0.1, -0.05) is 129 Å². The first-order chi connectivity index (χ1) is 16.1. The monoisotopic (exact) mass is 524 g/mol. The van der Waals surface area contributed by atoms with Crippen LogP contribution in [0.1, 0.15) is 142 Å². The van der Waals surface area contributed by atoms with Crippen molar-refractivity contribution in [2.24, 2.45) is 0 Å². The van der Waals surface area contributed by atoms with E-state index in [0.29, 0.717) is 0 Å². The molecule has 0 aliphatic rings. The van der Waals surface area contributed by atoms with E-state index in [0.717, 1.165) is 25.7 Å². The van der Waals surface area contributed by atoms with E-state index in [1.807, 2.05) is 0 Å². The highest BCUT2D eigenvalue weighted by atomic mass is 31.2. The van der Waals surface area contributed by atoms with Crippen molar-refractivity contribution >= 4 is 15.1 Å². The first-order valence-electron chi connectivity index (χ1n) is 14.5. The van der Waals surface area contributed by atoms with Crippen LogP contribution in [0.3, 0.4) is 0 Å². The Morgan fingerprint density at radius 3 is 0.941 bits per heavy atom. The maximum Gasteiger partial charge on any atom is 0.267 e. The highest BCUT2D eigenvalue weighted by Gasteiger charge is 2.08. The summed E-state index contributed by atoms with van der Waals surface area (Å²) in [6, 6.07) is 0. The van der Waals surface area contributed by atoms with E-state index in [-0.39, 0.29) is 20.5 Å². The van der Waals surface area contributed by atoms with Crippen LogP contribution < -0.4 is 4.89 Å². The molecule has 34 heavy (non-hydrogen) atoms. The van der Waals surface area contributed by atoms with Crippen molar-refractivity contribution in [2.45, 2.75) is 142 Å². The Kier molecular flexibility index (Phi) is 28.7. The van der Waals surface area contributed by atoms with Gasteiger partial charge in [0.05, 0.1) is 13.2 Å². The van der Waals surface area contributed by atoms with Crippen LogP contribution in [0.15, 0.2) is 0 Å². The molecule has 0 aromatic carbocycles. The highest BCUT2D eigenvalue weighted by molar-refractivity contribution is 7.73. The van der Waals surface area contributed by atoms with Gasteiger partial charge < -0.3 is 13.9 Å². The molecular weight excluding hydrogens is 462 g/mol. The molecule has 4 nitrogen and oxygen atoms in total. The number of hydrogen-bond acceptors (Lipinski definition) is 4. The fourth-order valence-corrected chi connectivity index (χ4v) is 4.35. The molecule has 0 spiro atoms. The summed E-state index contributed by atoms with van der Waals surface area (Å²) in [5.74, 6) is 0. The van der Waals surface area contributed by atoms with Crippen LogP contribution in [-0.2, 0) is 13.6 Å². The van der Waals surface area contributed by atoms with E-state index in [1.165, 1.54) is 103 Å². The van der Waals surface area contributed by atoms with Gasteiger partial charge in [-0.15, -0.1) is 0 Å². The molecule has 0 atom stereocenters. The van der Waals surface area contributed by atoms with Gasteiger partial charge in [-0.25, -0.2) is 0 Å². The molecule has 0 aromatic heterocycles. The molecule has 0 fully saturated rings. The van der Waals surface area contributed by atoms with Crippen molar-refractivity contribution in [3.8, 4) is 0 Å². The minimum absolute atomic E-state index is 0.259. The number of rotatable bonds is 24. The second-order valence-electron chi connectivity index (χ2n) is 11.2. The molecule has 0 aliphatic heterocycles. The first-order valence-corrected chi connectivity index (χ1v) is 19.5. The molecule has 0 saturated carbocycles. The Bertz CT molecular complexity index is 403. The third-order valence-electron chi connectivity index (χ3n) is 5.49.